The lowest BCUT2D eigenvalue weighted by Gasteiger charge is -2.42. The van der Waals surface area contributed by atoms with Gasteiger partial charge in [0.2, 0.25) is 0 Å². The van der Waals surface area contributed by atoms with Crippen LogP contribution in [0.5, 0.6) is 0 Å². The third-order valence-electron chi connectivity index (χ3n) is 5.25. The molecule has 3 heterocycles. The van der Waals surface area contributed by atoms with E-state index in [1.165, 1.54) is 49.7 Å². The predicted octanol–water partition coefficient (Wildman–Crippen LogP) is 1.07. The van der Waals surface area contributed by atoms with Gasteiger partial charge in [0.05, 0.1) is 17.3 Å². The van der Waals surface area contributed by atoms with E-state index in [9.17, 15) is 0 Å². The molecule has 130 valence electrons. The normalized spacial score (nSPS) is 22.7. The summed E-state index contributed by atoms with van der Waals surface area (Å²) in [6.45, 7) is 11.4. The molecule has 2 aliphatic heterocycles. The molecule has 1 aromatic rings. The summed E-state index contributed by atoms with van der Waals surface area (Å²) >= 11 is 1.76. The number of aliphatic hydroxyl groups is 1. The molecule has 0 bridgehead atoms. The number of aromatic nitrogens is 1. The molecule has 23 heavy (non-hydrogen) atoms. The van der Waals surface area contributed by atoms with Crippen molar-refractivity contribution in [1.29, 1.82) is 0 Å². The lowest BCUT2D eigenvalue weighted by molar-refractivity contribution is 0.0534. The van der Waals surface area contributed by atoms with Gasteiger partial charge < -0.3 is 10.0 Å². The van der Waals surface area contributed by atoms with E-state index in [0.29, 0.717) is 0 Å². The Kier molecular flexibility index (Phi) is 6.42. The zero-order valence-electron chi connectivity index (χ0n) is 14.3. The molecule has 0 atom stereocenters. The topological polar surface area (TPSA) is 42.8 Å². The van der Waals surface area contributed by atoms with Gasteiger partial charge in [0.1, 0.15) is 0 Å². The van der Waals surface area contributed by atoms with Crippen molar-refractivity contribution in [2.24, 2.45) is 0 Å². The molecular formula is C17H30N4OS. The van der Waals surface area contributed by atoms with E-state index in [0.717, 1.165) is 38.6 Å². The first-order valence-electron chi connectivity index (χ1n) is 8.95. The molecule has 0 radical (unpaired) electrons. The van der Waals surface area contributed by atoms with Gasteiger partial charge in [-0.05, 0) is 32.9 Å². The van der Waals surface area contributed by atoms with Crippen molar-refractivity contribution >= 4 is 11.3 Å². The van der Waals surface area contributed by atoms with Crippen molar-refractivity contribution in [3.8, 4) is 0 Å². The maximum absolute atomic E-state index is 9.03. The number of nitrogens with zero attached hydrogens (tertiary/aromatic N) is 4. The molecule has 0 aliphatic carbocycles. The number of aryl methyl sites for hydroxylation is 1. The summed E-state index contributed by atoms with van der Waals surface area (Å²) in [4.78, 5) is 12.2. The highest BCUT2D eigenvalue weighted by Gasteiger charge is 2.27. The number of hydrogen-bond donors (Lipinski definition) is 1. The Hall–Kier alpha value is -0.530. The number of likely N-dealkylation sites (tertiary alicyclic amines) is 1. The molecule has 0 saturated carbocycles. The molecule has 6 heteroatoms. The number of aliphatic hydroxyl groups excluding tert-OH is 1. The van der Waals surface area contributed by atoms with Crippen LogP contribution in [-0.4, -0.2) is 89.8 Å². The second-order valence-electron chi connectivity index (χ2n) is 6.78. The van der Waals surface area contributed by atoms with Crippen LogP contribution in [-0.2, 0) is 6.42 Å². The molecule has 1 N–H and O–H groups in total. The minimum Gasteiger partial charge on any atom is -0.395 e. The van der Waals surface area contributed by atoms with Gasteiger partial charge in [-0.1, -0.05) is 0 Å². The van der Waals surface area contributed by atoms with Crippen LogP contribution in [0.1, 0.15) is 23.5 Å². The number of piperidine rings is 1. The Morgan fingerprint density at radius 2 is 1.78 bits per heavy atom. The first-order valence-corrected chi connectivity index (χ1v) is 9.83. The Bertz CT molecular complexity index is 465. The number of hydrogen-bond acceptors (Lipinski definition) is 6. The largest absolute Gasteiger partial charge is 0.395 e. The third-order valence-corrected chi connectivity index (χ3v) is 6.07. The number of thiazole rings is 1. The van der Waals surface area contributed by atoms with Gasteiger partial charge in [-0.3, -0.25) is 9.80 Å². The van der Waals surface area contributed by atoms with Crippen molar-refractivity contribution in [3.63, 3.8) is 0 Å². The lowest BCUT2D eigenvalue weighted by atomic mass is 10.0. The monoisotopic (exact) mass is 338 g/mol. The molecule has 5 nitrogen and oxygen atoms in total. The minimum atomic E-state index is 0.289. The molecule has 1 aromatic heterocycles. The summed E-state index contributed by atoms with van der Waals surface area (Å²) in [5, 5.41) is 12.4. The van der Waals surface area contributed by atoms with Crippen molar-refractivity contribution in [1.82, 2.24) is 19.7 Å². The highest BCUT2D eigenvalue weighted by Crippen LogP contribution is 2.19. The molecule has 0 unspecified atom stereocenters. The van der Waals surface area contributed by atoms with Crippen LogP contribution in [0.15, 0.2) is 5.38 Å². The maximum atomic E-state index is 9.03. The van der Waals surface area contributed by atoms with Crippen molar-refractivity contribution in [2.45, 2.75) is 32.2 Å². The molecule has 0 spiro atoms. The molecule has 2 saturated heterocycles. The van der Waals surface area contributed by atoms with Crippen LogP contribution in [0, 0.1) is 6.92 Å². The molecule has 2 fully saturated rings. The van der Waals surface area contributed by atoms with Crippen molar-refractivity contribution in [2.75, 3.05) is 59.0 Å². The number of piperazine rings is 1. The molecule has 3 rings (SSSR count). The van der Waals surface area contributed by atoms with E-state index in [1.807, 2.05) is 0 Å². The summed E-state index contributed by atoms with van der Waals surface area (Å²) < 4.78 is 0. The van der Waals surface area contributed by atoms with Crippen LogP contribution in [0.3, 0.4) is 0 Å². The summed E-state index contributed by atoms with van der Waals surface area (Å²) in [6, 6.07) is 0.768. The smallest absolute Gasteiger partial charge is 0.0897 e. The predicted molar refractivity (Wildman–Crippen MR) is 95.1 cm³/mol. The third kappa shape index (κ3) is 4.97. The Labute approximate surface area is 143 Å². The lowest BCUT2D eigenvalue weighted by Crippen LogP contribution is -2.53. The summed E-state index contributed by atoms with van der Waals surface area (Å²) in [5.74, 6) is 0. The van der Waals surface area contributed by atoms with E-state index < -0.39 is 0 Å². The SMILES string of the molecule is Cc1nc(CCN2CCC(N3CCN(CCO)CC3)CC2)cs1. The Morgan fingerprint density at radius 1 is 1.09 bits per heavy atom. The highest BCUT2D eigenvalue weighted by atomic mass is 32.1. The number of β-amino-alcohol motifs (C(OH)–C–C–N with tert-alkyl or cyclic N) is 1. The quantitative estimate of drug-likeness (QED) is 0.840. The van der Waals surface area contributed by atoms with Crippen LogP contribution in [0.2, 0.25) is 0 Å². The summed E-state index contributed by atoms with van der Waals surface area (Å²) in [7, 11) is 0. The zero-order chi connectivity index (χ0) is 16.1. The summed E-state index contributed by atoms with van der Waals surface area (Å²) in [5.41, 5.74) is 1.26. The van der Waals surface area contributed by atoms with E-state index in [1.54, 1.807) is 11.3 Å². The van der Waals surface area contributed by atoms with Gasteiger partial charge in [0, 0.05) is 57.1 Å². The minimum absolute atomic E-state index is 0.289. The van der Waals surface area contributed by atoms with Gasteiger partial charge in [-0.15, -0.1) is 11.3 Å². The van der Waals surface area contributed by atoms with Gasteiger partial charge in [0.15, 0.2) is 0 Å². The highest BCUT2D eigenvalue weighted by molar-refractivity contribution is 7.09. The van der Waals surface area contributed by atoms with Crippen molar-refractivity contribution in [3.05, 3.63) is 16.1 Å². The first-order chi connectivity index (χ1) is 11.2. The van der Waals surface area contributed by atoms with Crippen LogP contribution < -0.4 is 0 Å². The standard InChI is InChI=1S/C17H30N4OS/c1-15-18-16(14-23-15)2-5-19-6-3-17(4-7-19)21-10-8-20(9-11-21)12-13-22/h14,17,22H,2-13H2,1H3. The van der Waals surface area contributed by atoms with E-state index >= 15 is 0 Å². The van der Waals surface area contributed by atoms with E-state index in [-0.39, 0.29) is 6.61 Å². The Balaban J connectivity index is 1.35. The zero-order valence-corrected chi connectivity index (χ0v) is 15.1. The average Bonchev–Trinajstić information content (AvgIpc) is 3.00. The molecule has 2 aliphatic rings. The second kappa shape index (κ2) is 8.53. The molecular weight excluding hydrogens is 308 g/mol. The second-order valence-corrected chi connectivity index (χ2v) is 7.84. The van der Waals surface area contributed by atoms with Crippen molar-refractivity contribution < 1.29 is 5.11 Å². The fourth-order valence-electron chi connectivity index (χ4n) is 3.80. The fraction of sp³-hybridized carbons (Fsp3) is 0.824. The van der Waals surface area contributed by atoms with Gasteiger partial charge in [-0.25, -0.2) is 4.98 Å². The van der Waals surface area contributed by atoms with Gasteiger partial charge >= 0.3 is 0 Å². The van der Waals surface area contributed by atoms with E-state index in [2.05, 4.69) is 32.0 Å². The van der Waals surface area contributed by atoms with Crippen LogP contribution >= 0.6 is 11.3 Å². The average molecular weight is 339 g/mol. The van der Waals surface area contributed by atoms with Gasteiger partial charge in [-0.2, -0.15) is 0 Å². The molecule has 0 aromatic carbocycles. The van der Waals surface area contributed by atoms with Gasteiger partial charge in [0.25, 0.3) is 0 Å². The maximum Gasteiger partial charge on any atom is 0.0897 e. The fourth-order valence-corrected chi connectivity index (χ4v) is 4.44. The van der Waals surface area contributed by atoms with Crippen LogP contribution in [0.4, 0.5) is 0 Å². The number of rotatable bonds is 6. The summed E-state index contributed by atoms with van der Waals surface area (Å²) in [6.07, 6.45) is 3.70. The Morgan fingerprint density at radius 3 is 2.39 bits per heavy atom. The molecule has 0 amide bonds. The van der Waals surface area contributed by atoms with Crippen LogP contribution in [0.25, 0.3) is 0 Å². The first kappa shape index (κ1) is 17.3. The van der Waals surface area contributed by atoms with E-state index in [4.69, 9.17) is 5.11 Å².